The van der Waals surface area contributed by atoms with Crippen LogP contribution in [0.15, 0.2) is 36.5 Å². The molecule has 15 heavy (non-hydrogen) atoms. The minimum atomic E-state index is -1.01. The van der Waals surface area contributed by atoms with Gasteiger partial charge in [0.2, 0.25) is 0 Å². The van der Waals surface area contributed by atoms with E-state index in [2.05, 4.69) is 10.2 Å². The second-order valence-corrected chi connectivity index (χ2v) is 3.25. The summed E-state index contributed by atoms with van der Waals surface area (Å²) < 4.78 is 5.37. The van der Waals surface area contributed by atoms with E-state index < -0.39 is 7.12 Å². The molecule has 5 heteroatoms. The summed E-state index contributed by atoms with van der Waals surface area (Å²) in [5.74, 6) is 0.666. The van der Waals surface area contributed by atoms with Gasteiger partial charge in [0.1, 0.15) is 5.75 Å². The number of aryl methyl sites for hydroxylation is 1. The van der Waals surface area contributed by atoms with Gasteiger partial charge in [-0.15, -0.1) is 0 Å². The number of nitrogens with one attached hydrogen (secondary N) is 1. The van der Waals surface area contributed by atoms with Crippen molar-refractivity contribution in [1.82, 2.24) is 10.2 Å². The molecule has 0 atom stereocenters. The Balaban J connectivity index is 2.13. The van der Waals surface area contributed by atoms with Crippen molar-refractivity contribution in [3.05, 3.63) is 42.1 Å². The van der Waals surface area contributed by atoms with Crippen molar-refractivity contribution < 1.29 is 9.68 Å². The zero-order valence-electron chi connectivity index (χ0n) is 8.34. The molecule has 2 N–H and O–H groups in total. The lowest BCUT2D eigenvalue weighted by molar-refractivity contribution is 0.429. The first-order valence-corrected chi connectivity index (χ1v) is 4.67. The average Bonchev–Trinajstić information content (AvgIpc) is 2.74. The molecule has 2 aromatic rings. The predicted molar refractivity (Wildman–Crippen MR) is 58.0 cm³/mol. The molecule has 1 aromatic heterocycles. The van der Waals surface area contributed by atoms with Gasteiger partial charge in [0.15, 0.2) is 0 Å². The maximum Gasteiger partial charge on any atom is 0.579 e. The maximum absolute atomic E-state index is 9.69. The minimum Gasteiger partial charge on any atom is -0.531 e. The second kappa shape index (κ2) is 4.19. The van der Waals surface area contributed by atoms with Gasteiger partial charge in [-0.3, -0.25) is 5.10 Å². The van der Waals surface area contributed by atoms with Gasteiger partial charge in [-0.25, -0.2) is 0 Å². The topological polar surface area (TPSA) is 58.1 Å². The number of nitrogens with zero attached hydrogens (tertiary/aromatic N) is 1. The summed E-state index contributed by atoms with van der Waals surface area (Å²) in [5.41, 5.74) is 1.52. The van der Waals surface area contributed by atoms with Crippen molar-refractivity contribution in [2.24, 2.45) is 0 Å². The van der Waals surface area contributed by atoms with Gasteiger partial charge in [0.25, 0.3) is 0 Å². The van der Waals surface area contributed by atoms with Crippen LogP contribution in [0.2, 0.25) is 0 Å². The van der Waals surface area contributed by atoms with Crippen LogP contribution in [0.4, 0.5) is 0 Å². The van der Waals surface area contributed by atoms with E-state index in [9.17, 15) is 5.02 Å². The number of rotatable bonds is 3. The summed E-state index contributed by atoms with van der Waals surface area (Å²) >= 11 is 0. The fraction of sp³-hybridized carbons (Fsp3) is 0.100. The molecule has 0 saturated carbocycles. The van der Waals surface area contributed by atoms with Crippen LogP contribution < -0.4 is 10.2 Å². The molecule has 0 radical (unpaired) electrons. The zero-order chi connectivity index (χ0) is 10.7. The van der Waals surface area contributed by atoms with Gasteiger partial charge in [-0.05, 0) is 24.6 Å². The van der Waals surface area contributed by atoms with Crippen LogP contribution in [0.5, 0.6) is 5.75 Å². The van der Waals surface area contributed by atoms with Crippen molar-refractivity contribution in [1.29, 1.82) is 0 Å². The Morgan fingerprint density at radius 2 is 2.13 bits per heavy atom. The molecule has 76 valence electrons. The molecule has 0 fully saturated rings. The Hall–Kier alpha value is -1.75. The lowest BCUT2D eigenvalue weighted by atomic mass is 9.85. The van der Waals surface area contributed by atoms with E-state index in [1.165, 1.54) is 0 Å². The van der Waals surface area contributed by atoms with Gasteiger partial charge >= 0.3 is 7.12 Å². The Bertz CT molecular complexity index is 431. The lowest BCUT2D eigenvalue weighted by Gasteiger charge is -2.10. The summed E-state index contributed by atoms with van der Waals surface area (Å²) in [6, 6.07) is 9.19. The summed E-state index contributed by atoms with van der Waals surface area (Å²) in [4.78, 5) is 0. The fourth-order valence-corrected chi connectivity index (χ4v) is 1.28. The molecule has 0 amide bonds. The fourth-order valence-electron chi connectivity index (χ4n) is 1.28. The average molecular weight is 202 g/mol. The smallest absolute Gasteiger partial charge is 0.531 e. The minimum absolute atomic E-state index is 0.540. The van der Waals surface area contributed by atoms with Crippen LogP contribution in [0.1, 0.15) is 5.56 Å². The quantitative estimate of drug-likeness (QED) is 0.711. The van der Waals surface area contributed by atoms with Crippen LogP contribution >= 0.6 is 0 Å². The van der Waals surface area contributed by atoms with Gasteiger partial charge < -0.3 is 9.68 Å². The van der Waals surface area contributed by atoms with Crippen LogP contribution in [-0.4, -0.2) is 22.3 Å². The van der Waals surface area contributed by atoms with Crippen molar-refractivity contribution in [3.8, 4) is 5.75 Å². The van der Waals surface area contributed by atoms with E-state index in [0.29, 0.717) is 11.3 Å². The molecule has 2 rings (SSSR count). The first kappa shape index (κ1) is 9.80. The Labute approximate surface area is 88.1 Å². The number of H-pyrrole nitrogens is 1. The third-order valence-electron chi connectivity index (χ3n) is 2.12. The molecule has 4 nitrogen and oxygen atoms in total. The van der Waals surface area contributed by atoms with Crippen LogP contribution in [0.3, 0.4) is 0 Å². The van der Waals surface area contributed by atoms with E-state index in [1.807, 2.05) is 31.2 Å². The van der Waals surface area contributed by atoms with E-state index >= 15 is 0 Å². The van der Waals surface area contributed by atoms with Crippen LogP contribution in [-0.2, 0) is 0 Å². The molecule has 0 aliphatic carbocycles. The van der Waals surface area contributed by atoms with E-state index in [0.717, 1.165) is 5.56 Å². The van der Waals surface area contributed by atoms with Gasteiger partial charge in [0, 0.05) is 6.20 Å². The number of aromatic amines is 1. The number of para-hydroxylation sites is 1. The molecule has 0 aliphatic rings. The molecule has 0 aliphatic heterocycles. The molecule has 0 bridgehead atoms. The normalized spacial score (nSPS) is 10.0. The molecular formula is C10H11BN2O2. The standard InChI is InChI=1S/C10H11BN2O2/c1-8-4-2-3-5-9(8)15-11(14)10-6-7-12-13-10/h2-7,14H,1H3,(H,12,13). The maximum atomic E-state index is 9.69. The summed E-state index contributed by atoms with van der Waals surface area (Å²) in [5, 5.41) is 16.1. The van der Waals surface area contributed by atoms with E-state index in [1.54, 1.807) is 12.3 Å². The Kier molecular flexibility index (Phi) is 2.73. The largest absolute Gasteiger partial charge is 0.579 e. The number of hydrogen-bond acceptors (Lipinski definition) is 3. The molecule has 1 aromatic carbocycles. The predicted octanol–water partition coefficient (Wildman–Crippen LogP) is 0.485. The molecular weight excluding hydrogens is 191 g/mol. The van der Waals surface area contributed by atoms with Crippen molar-refractivity contribution in [2.75, 3.05) is 0 Å². The monoisotopic (exact) mass is 202 g/mol. The Morgan fingerprint density at radius 3 is 2.80 bits per heavy atom. The summed E-state index contributed by atoms with van der Waals surface area (Å²) in [6.45, 7) is 1.93. The first-order valence-electron chi connectivity index (χ1n) is 4.67. The molecule has 0 saturated heterocycles. The zero-order valence-corrected chi connectivity index (χ0v) is 8.34. The van der Waals surface area contributed by atoms with Crippen LogP contribution in [0, 0.1) is 6.92 Å². The highest BCUT2D eigenvalue weighted by molar-refractivity contribution is 6.59. The molecule has 0 spiro atoms. The molecule has 1 heterocycles. The van der Waals surface area contributed by atoms with Crippen molar-refractivity contribution in [2.45, 2.75) is 6.92 Å². The highest BCUT2D eigenvalue weighted by Gasteiger charge is 2.20. The van der Waals surface area contributed by atoms with E-state index in [4.69, 9.17) is 4.65 Å². The molecule has 0 unspecified atom stereocenters. The van der Waals surface area contributed by atoms with Crippen LogP contribution in [0.25, 0.3) is 0 Å². The lowest BCUT2D eigenvalue weighted by Crippen LogP contribution is -2.37. The van der Waals surface area contributed by atoms with Crippen molar-refractivity contribution >= 4 is 12.7 Å². The van der Waals surface area contributed by atoms with E-state index in [-0.39, 0.29) is 0 Å². The number of benzene rings is 1. The second-order valence-electron chi connectivity index (χ2n) is 3.25. The highest BCUT2D eigenvalue weighted by atomic mass is 16.5. The SMILES string of the molecule is Cc1ccccc1OB(O)c1ccn[nH]1. The third kappa shape index (κ3) is 2.19. The van der Waals surface area contributed by atoms with Gasteiger partial charge in [-0.1, -0.05) is 18.2 Å². The number of aromatic nitrogens is 2. The van der Waals surface area contributed by atoms with Gasteiger partial charge in [0.05, 0.1) is 5.59 Å². The summed E-state index contributed by atoms with van der Waals surface area (Å²) in [6.07, 6.45) is 1.57. The summed E-state index contributed by atoms with van der Waals surface area (Å²) in [7, 11) is -1.01. The number of hydrogen-bond donors (Lipinski definition) is 2. The Morgan fingerprint density at radius 1 is 1.33 bits per heavy atom. The third-order valence-corrected chi connectivity index (χ3v) is 2.12. The highest BCUT2D eigenvalue weighted by Crippen LogP contribution is 2.16. The van der Waals surface area contributed by atoms with Crippen molar-refractivity contribution in [3.63, 3.8) is 0 Å². The van der Waals surface area contributed by atoms with Gasteiger partial charge in [-0.2, -0.15) is 5.10 Å². The first-order chi connectivity index (χ1) is 7.27.